The lowest BCUT2D eigenvalue weighted by Gasteiger charge is -2.01. The highest BCUT2D eigenvalue weighted by Crippen LogP contribution is 1.98. The molecular weight excluding hydrogens is 160 g/mol. The fourth-order valence-electron chi connectivity index (χ4n) is 0.760. The lowest BCUT2D eigenvalue weighted by Crippen LogP contribution is -2.06. The molecule has 2 nitrogen and oxygen atoms in total. The minimum absolute atomic E-state index is 0.188. The summed E-state index contributed by atoms with van der Waals surface area (Å²) < 4.78 is 4.82. The van der Waals surface area contributed by atoms with Crippen LogP contribution < -0.4 is 0 Å². The molecule has 0 amide bonds. The molecule has 0 aromatic rings. The second-order valence-electron chi connectivity index (χ2n) is 2.44. The Labute approximate surface area is 73.7 Å². The van der Waals surface area contributed by atoms with Crippen molar-refractivity contribution in [3.05, 3.63) is 0 Å². The van der Waals surface area contributed by atoms with Crippen LogP contribution >= 0.6 is 12.6 Å². The van der Waals surface area contributed by atoms with E-state index in [0.29, 0.717) is 6.61 Å². The van der Waals surface area contributed by atoms with E-state index < -0.39 is 0 Å². The Bertz CT molecular complexity index is 104. The highest BCUT2D eigenvalue weighted by atomic mass is 32.1. The fourth-order valence-corrected chi connectivity index (χ4v) is 0.852. The summed E-state index contributed by atoms with van der Waals surface area (Å²) in [7, 11) is 0. The van der Waals surface area contributed by atoms with Gasteiger partial charge in [-0.1, -0.05) is 26.2 Å². The number of hydrogen-bond acceptors (Lipinski definition) is 3. The zero-order chi connectivity index (χ0) is 8.53. The molecule has 0 aliphatic carbocycles. The molecule has 3 heteroatoms. The SMILES string of the molecule is CCCCCCOC(=O)CS. The van der Waals surface area contributed by atoms with E-state index in [1.54, 1.807) is 0 Å². The smallest absolute Gasteiger partial charge is 0.315 e. The van der Waals surface area contributed by atoms with Crippen LogP contribution in [0.25, 0.3) is 0 Å². The van der Waals surface area contributed by atoms with Gasteiger partial charge in [0.05, 0.1) is 12.4 Å². The lowest BCUT2D eigenvalue weighted by molar-refractivity contribution is -0.140. The molecule has 0 N–H and O–H groups in total. The summed E-state index contributed by atoms with van der Waals surface area (Å²) in [5.41, 5.74) is 0. The Hall–Kier alpha value is -0.180. The molecule has 0 atom stereocenters. The summed E-state index contributed by atoms with van der Waals surface area (Å²) in [5.74, 6) is -0.0295. The van der Waals surface area contributed by atoms with Crippen molar-refractivity contribution in [2.45, 2.75) is 32.6 Å². The molecule has 0 unspecified atom stereocenters. The van der Waals surface area contributed by atoms with Crippen molar-refractivity contribution >= 4 is 18.6 Å². The fraction of sp³-hybridized carbons (Fsp3) is 0.875. The highest BCUT2D eigenvalue weighted by molar-refractivity contribution is 7.81. The Kier molecular flexibility index (Phi) is 7.79. The zero-order valence-corrected chi connectivity index (χ0v) is 7.90. The molecule has 0 aliphatic rings. The first-order valence-electron chi connectivity index (χ1n) is 4.07. The van der Waals surface area contributed by atoms with E-state index in [9.17, 15) is 4.79 Å². The minimum atomic E-state index is -0.218. The van der Waals surface area contributed by atoms with Gasteiger partial charge < -0.3 is 4.74 Å². The average molecular weight is 176 g/mol. The molecule has 66 valence electrons. The summed E-state index contributed by atoms with van der Waals surface area (Å²) in [6.07, 6.45) is 4.56. The monoisotopic (exact) mass is 176 g/mol. The lowest BCUT2D eigenvalue weighted by atomic mass is 10.2. The largest absolute Gasteiger partial charge is 0.465 e. The van der Waals surface area contributed by atoms with Crippen LogP contribution in [0.5, 0.6) is 0 Å². The maximum absolute atomic E-state index is 10.5. The van der Waals surface area contributed by atoms with Gasteiger partial charge in [-0.15, -0.1) is 0 Å². The molecule has 0 rings (SSSR count). The predicted octanol–water partition coefficient (Wildman–Crippen LogP) is 2.04. The van der Waals surface area contributed by atoms with Gasteiger partial charge in [0.2, 0.25) is 0 Å². The van der Waals surface area contributed by atoms with E-state index in [1.807, 2.05) is 0 Å². The second kappa shape index (κ2) is 7.92. The van der Waals surface area contributed by atoms with Gasteiger partial charge in [-0.25, -0.2) is 0 Å². The Balaban J connectivity index is 2.95. The van der Waals surface area contributed by atoms with Crippen LogP contribution in [0.1, 0.15) is 32.6 Å². The number of carbonyl (C=O) groups is 1. The van der Waals surface area contributed by atoms with Crippen molar-refractivity contribution in [2.24, 2.45) is 0 Å². The minimum Gasteiger partial charge on any atom is -0.465 e. The van der Waals surface area contributed by atoms with E-state index in [2.05, 4.69) is 19.6 Å². The van der Waals surface area contributed by atoms with Crippen LogP contribution in [0.4, 0.5) is 0 Å². The van der Waals surface area contributed by atoms with Gasteiger partial charge in [0, 0.05) is 0 Å². The zero-order valence-electron chi connectivity index (χ0n) is 7.01. The predicted molar refractivity (Wildman–Crippen MR) is 49.0 cm³/mol. The first-order valence-corrected chi connectivity index (χ1v) is 4.71. The molecule has 11 heavy (non-hydrogen) atoms. The summed E-state index contributed by atoms with van der Waals surface area (Å²) >= 11 is 3.78. The van der Waals surface area contributed by atoms with Crippen LogP contribution in [0.15, 0.2) is 0 Å². The number of thiol groups is 1. The van der Waals surface area contributed by atoms with Gasteiger partial charge in [-0.05, 0) is 6.42 Å². The molecule has 0 saturated heterocycles. The highest BCUT2D eigenvalue weighted by Gasteiger charge is 1.96. The van der Waals surface area contributed by atoms with Gasteiger partial charge in [0.15, 0.2) is 0 Å². The van der Waals surface area contributed by atoms with Gasteiger partial charge >= 0.3 is 5.97 Å². The molecule has 0 radical (unpaired) electrons. The van der Waals surface area contributed by atoms with Gasteiger partial charge in [-0.3, -0.25) is 4.79 Å². The number of hydrogen-bond donors (Lipinski definition) is 1. The van der Waals surface area contributed by atoms with Gasteiger partial charge in [0.25, 0.3) is 0 Å². The number of rotatable bonds is 6. The number of ether oxygens (including phenoxy) is 1. The van der Waals surface area contributed by atoms with Crippen LogP contribution in [0.2, 0.25) is 0 Å². The quantitative estimate of drug-likeness (QED) is 0.381. The van der Waals surface area contributed by atoms with Crippen molar-refractivity contribution in [1.29, 1.82) is 0 Å². The standard InChI is InChI=1S/C8H16O2S/c1-2-3-4-5-6-10-8(9)7-11/h11H,2-7H2,1H3. The maximum Gasteiger partial charge on any atom is 0.315 e. The first-order chi connectivity index (χ1) is 5.31. The topological polar surface area (TPSA) is 26.3 Å². The third kappa shape index (κ3) is 7.72. The van der Waals surface area contributed by atoms with E-state index in [0.717, 1.165) is 12.8 Å². The van der Waals surface area contributed by atoms with Crippen LogP contribution in [0, 0.1) is 0 Å². The molecule has 0 bridgehead atoms. The van der Waals surface area contributed by atoms with Crippen LogP contribution in [0.3, 0.4) is 0 Å². The molecular formula is C8H16O2S. The second-order valence-corrected chi connectivity index (χ2v) is 2.76. The van der Waals surface area contributed by atoms with Crippen molar-refractivity contribution < 1.29 is 9.53 Å². The van der Waals surface area contributed by atoms with E-state index in [4.69, 9.17) is 4.74 Å². The van der Waals surface area contributed by atoms with Crippen LogP contribution in [-0.2, 0) is 9.53 Å². The Morgan fingerprint density at radius 1 is 1.36 bits per heavy atom. The van der Waals surface area contributed by atoms with Gasteiger partial charge in [-0.2, -0.15) is 12.6 Å². The Morgan fingerprint density at radius 2 is 2.09 bits per heavy atom. The molecule has 0 saturated carbocycles. The Morgan fingerprint density at radius 3 is 2.64 bits per heavy atom. The molecule has 0 heterocycles. The summed E-state index contributed by atoms with van der Waals surface area (Å²) in [6.45, 7) is 2.71. The summed E-state index contributed by atoms with van der Waals surface area (Å²) in [4.78, 5) is 10.5. The van der Waals surface area contributed by atoms with Crippen molar-refractivity contribution in [1.82, 2.24) is 0 Å². The van der Waals surface area contributed by atoms with Crippen LogP contribution in [-0.4, -0.2) is 18.3 Å². The molecule has 0 aromatic heterocycles. The molecule has 0 aliphatic heterocycles. The van der Waals surface area contributed by atoms with E-state index >= 15 is 0 Å². The van der Waals surface area contributed by atoms with Crippen molar-refractivity contribution in [3.63, 3.8) is 0 Å². The van der Waals surface area contributed by atoms with E-state index in [-0.39, 0.29) is 11.7 Å². The third-order valence-corrected chi connectivity index (χ3v) is 1.65. The molecule has 0 aromatic carbocycles. The van der Waals surface area contributed by atoms with E-state index in [1.165, 1.54) is 12.8 Å². The first kappa shape index (κ1) is 10.8. The number of unbranched alkanes of at least 4 members (excludes halogenated alkanes) is 3. The molecule has 0 spiro atoms. The molecule has 0 fully saturated rings. The third-order valence-electron chi connectivity index (χ3n) is 1.39. The normalized spacial score (nSPS) is 9.64. The van der Waals surface area contributed by atoms with Crippen molar-refractivity contribution in [3.8, 4) is 0 Å². The van der Waals surface area contributed by atoms with Gasteiger partial charge in [0.1, 0.15) is 0 Å². The van der Waals surface area contributed by atoms with Crippen molar-refractivity contribution in [2.75, 3.05) is 12.4 Å². The average Bonchev–Trinajstić information content (AvgIpc) is 2.04. The summed E-state index contributed by atoms with van der Waals surface area (Å²) in [5, 5.41) is 0. The number of esters is 1. The maximum atomic E-state index is 10.5. The summed E-state index contributed by atoms with van der Waals surface area (Å²) in [6, 6.07) is 0. The number of carbonyl (C=O) groups excluding carboxylic acids is 1.